The number of methoxy groups -OCH3 is 2. The average Bonchev–Trinajstić information content (AvgIpc) is 2.88. The van der Waals surface area contributed by atoms with Gasteiger partial charge in [-0.3, -0.25) is 9.10 Å². The van der Waals surface area contributed by atoms with E-state index in [0.29, 0.717) is 35.1 Å². The van der Waals surface area contributed by atoms with Crippen molar-refractivity contribution in [1.82, 2.24) is 5.43 Å². The summed E-state index contributed by atoms with van der Waals surface area (Å²) < 4.78 is 42.3. The number of nitrogens with zero attached hydrogens (tertiary/aromatic N) is 2. The first-order valence-corrected chi connectivity index (χ1v) is 12.9. The first-order chi connectivity index (χ1) is 17.2. The van der Waals surface area contributed by atoms with Crippen molar-refractivity contribution in [1.29, 1.82) is 0 Å². The van der Waals surface area contributed by atoms with Crippen LogP contribution in [0, 0.1) is 0 Å². The molecule has 0 bridgehead atoms. The molecule has 0 aliphatic heterocycles. The van der Waals surface area contributed by atoms with Crippen molar-refractivity contribution in [2.24, 2.45) is 5.10 Å². The Balaban J connectivity index is 1.67. The fourth-order valence-electron chi connectivity index (χ4n) is 3.42. The van der Waals surface area contributed by atoms with Crippen molar-refractivity contribution in [3.63, 3.8) is 0 Å². The Bertz CT molecular complexity index is 1300. The smallest absolute Gasteiger partial charge is 0.263 e. The molecule has 0 saturated heterocycles. The van der Waals surface area contributed by atoms with Gasteiger partial charge in [-0.05, 0) is 60.5 Å². The predicted molar refractivity (Wildman–Crippen MR) is 139 cm³/mol. The summed E-state index contributed by atoms with van der Waals surface area (Å²) in [5.41, 5.74) is 4.42. The molecule has 0 aliphatic rings. The molecule has 1 atom stereocenters. The molecule has 9 nitrogen and oxygen atoms in total. The van der Waals surface area contributed by atoms with Crippen LogP contribution in [0.4, 0.5) is 5.69 Å². The number of carbonyl (C=O) groups is 1. The largest absolute Gasteiger partial charge is 0.497 e. The summed E-state index contributed by atoms with van der Waals surface area (Å²) in [6.45, 7) is 1.88. The van der Waals surface area contributed by atoms with E-state index >= 15 is 0 Å². The van der Waals surface area contributed by atoms with Gasteiger partial charge >= 0.3 is 0 Å². The summed E-state index contributed by atoms with van der Waals surface area (Å²) in [6, 6.07) is 20.3. The second kappa shape index (κ2) is 12.1. The number of rotatable bonds is 11. The van der Waals surface area contributed by atoms with Crippen LogP contribution in [-0.4, -0.2) is 47.1 Å². The second-order valence-corrected chi connectivity index (χ2v) is 9.71. The van der Waals surface area contributed by atoms with Crippen LogP contribution in [0.1, 0.15) is 18.1 Å². The van der Waals surface area contributed by atoms with Crippen molar-refractivity contribution in [2.75, 3.05) is 24.8 Å². The van der Waals surface area contributed by atoms with E-state index in [1.807, 2.05) is 30.3 Å². The summed E-state index contributed by atoms with van der Waals surface area (Å²) in [7, 11) is -0.701. The van der Waals surface area contributed by atoms with Crippen molar-refractivity contribution in [3.05, 3.63) is 83.9 Å². The van der Waals surface area contributed by atoms with Crippen molar-refractivity contribution < 1.29 is 27.4 Å². The van der Waals surface area contributed by atoms with Crippen LogP contribution in [0.2, 0.25) is 0 Å². The van der Waals surface area contributed by atoms with Gasteiger partial charge in [-0.15, -0.1) is 0 Å². The Morgan fingerprint density at radius 1 is 1.00 bits per heavy atom. The maximum absolute atomic E-state index is 12.7. The summed E-state index contributed by atoms with van der Waals surface area (Å²) >= 11 is 0. The zero-order valence-electron chi connectivity index (χ0n) is 20.5. The molecule has 0 fully saturated rings. The monoisotopic (exact) mass is 511 g/mol. The molecular formula is C26H29N3O6S. The topological polar surface area (TPSA) is 107 Å². The Hall–Kier alpha value is -4.05. The quantitative estimate of drug-likeness (QED) is 0.312. The van der Waals surface area contributed by atoms with Gasteiger partial charge < -0.3 is 14.2 Å². The number of anilines is 1. The number of benzene rings is 3. The van der Waals surface area contributed by atoms with Crippen LogP contribution in [0.3, 0.4) is 0 Å². The normalized spacial score (nSPS) is 12.1. The lowest BCUT2D eigenvalue weighted by atomic mass is 10.2. The molecule has 36 heavy (non-hydrogen) atoms. The van der Waals surface area contributed by atoms with Crippen LogP contribution in [-0.2, 0) is 21.4 Å². The predicted octanol–water partition coefficient (Wildman–Crippen LogP) is 3.59. The van der Waals surface area contributed by atoms with E-state index in [0.717, 1.165) is 16.1 Å². The molecule has 3 aromatic rings. The lowest BCUT2D eigenvalue weighted by Gasteiger charge is -2.27. The van der Waals surface area contributed by atoms with E-state index in [1.165, 1.54) is 27.4 Å². The third kappa shape index (κ3) is 6.98. The van der Waals surface area contributed by atoms with Gasteiger partial charge in [0.2, 0.25) is 10.0 Å². The van der Waals surface area contributed by atoms with Crippen LogP contribution in [0.25, 0.3) is 0 Å². The van der Waals surface area contributed by atoms with Crippen LogP contribution in [0.5, 0.6) is 17.2 Å². The summed E-state index contributed by atoms with van der Waals surface area (Å²) in [5.74, 6) is 1.06. The first-order valence-electron chi connectivity index (χ1n) is 11.0. The Morgan fingerprint density at radius 2 is 1.69 bits per heavy atom. The Labute approximate surface area is 211 Å². The lowest BCUT2D eigenvalue weighted by Crippen LogP contribution is -2.46. The minimum atomic E-state index is -3.75. The number of carbonyl (C=O) groups excluding carboxylic acids is 1. The minimum Gasteiger partial charge on any atom is -0.497 e. The van der Waals surface area contributed by atoms with Crippen LogP contribution in [0.15, 0.2) is 77.9 Å². The molecule has 0 heterocycles. The summed E-state index contributed by atoms with van der Waals surface area (Å²) in [5, 5.41) is 3.98. The van der Waals surface area contributed by atoms with E-state index in [2.05, 4.69) is 10.5 Å². The zero-order valence-corrected chi connectivity index (χ0v) is 21.4. The maximum atomic E-state index is 12.7. The molecular weight excluding hydrogens is 482 g/mol. The SMILES string of the molecule is COc1ccc(N([C@@H](C)C(=O)N/N=C\c2ccc(OCc3ccccc3)c(OC)c2)S(C)(=O)=O)cc1. The molecule has 0 radical (unpaired) electrons. The molecule has 0 aliphatic carbocycles. The third-order valence-electron chi connectivity index (χ3n) is 5.23. The highest BCUT2D eigenvalue weighted by Gasteiger charge is 2.29. The van der Waals surface area contributed by atoms with Crippen molar-refractivity contribution >= 4 is 27.8 Å². The lowest BCUT2D eigenvalue weighted by molar-refractivity contribution is -0.121. The minimum absolute atomic E-state index is 0.334. The van der Waals surface area contributed by atoms with E-state index in [9.17, 15) is 13.2 Å². The highest BCUT2D eigenvalue weighted by atomic mass is 32.2. The van der Waals surface area contributed by atoms with E-state index < -0.39 is 22.0 Å². The average molecular weight is 512 g/mol. The zero-order chi connectivity index (χ0) is 26.1. The molecule has 0 unspecified atom stereocenters. The number of hydrogen-bond acceptors (Lipinski definition) is 7. The van der Waals surface area contributed by atoms with Gasteiger partial charge in [-0.25, -0.2) is 13.8 Å². The van der Waals surface area contributed by atoms with E-state index in [4.69, 9.17) is 14.2 Å². The van der Waals surface area contributed by atoms with Crippen LogP contribution < -0.4 is 23.9 Å². The van der Waals surface area contributed by atoms with Gasteiger partial charge in [-0.2, -0.15) is 5.10 Å². The molecule has 0 spiro atoms. The van der Waals surface area contributed by atoms with Gasteiger partial charge in [0.25, 0.3) is 5.91 Å². The van der Waals surface area contributed by atoms with Crippen LogP contribution >= 0.6 is 0 Å². The molecule has 3 rings (SSSR count). The number of nitrogens with one attached hydrogen (secondary N) is 1. The van der Waals surface area contributed by atoms with Gasteiger partial charge in [0.1, 0.15) is 18.4 Å². The van der Waals surface area contributed by atoms with E-state index in [-0.39, 0.29) is 0 Å². The number of ether oxygens (including phenoxy) is 3. The third-order valence-corrected chi connectivity index (χ3v) is 6.47. The van der Waals surface area contributed by atoms with E-state index in [1.54, 1.807) is 42.5 Å². The molecule has 0 saturated carbocycles. The van der Waals surface area contributed by atoms with Gasteiger partial charge in [0.15, 0.2) is 11.5 Å². The standard InChI is InChI=1S/C26H29N3O6S/c1-19(29(36(4,31)32)22-11-13-23(33-2)14-12-22)26(30)28-27-17-21-10-15-24(25(16-21)34-3)35-18-20-8-6-5-7-9-20/h5-17,19H,18H2,1-4H3,(H,28,30)/b27-17-/t19-/m0/s1. The van der Waals surface area contributed by atoms with Crippen molar-refractivity contribution in [3.8, 4) is 17.2 Å². The number of hydrogen-bond donors (Lipinski definition) is 1. The first kappa shape index (κ1) is 26.6. The highest BCUT2D eigenvalue weighted by molar-refractivity contribution is 7.92. The molecule has 10 heteroatoms. The van der Waals surface area contributed by atoms with Gasteiger partial charge in [-0.1, -0.05) is 30.3 Å². The number of sulfonamides is 1. The molecule has 1 amide bonds. The summed E-state index contributed by atoms with van der Waals surface area (Å²) in [6.07, 6.45) is 2.48. The Kier molecular flexibility index (Phi) is 8.91. The molecule has 190 valence electrons. The molecule has 0 aromatic heterocycles. The number of hydrazone groups is 1. The fourth-order valence-corrected chi connectivity index (χ4v) is 4.60. The summed E-state index contributed by atoms with van der Waals surface area (Å²) in [4.78, 5) is 12.7. The number of amides is 1. The second-order valence-electron chi connectivity index (χ2n) is 7.85. The maximum Gasteiger partial charge on any atom is 0.263 e. The highest BCUT2D eigenvalue weighted by Crippen LogP contribution is 2.28. The van der Waals surface area contributed by atoms with Crippen molar-refractivity contribution in [2.45, 2.75) is 19.6 Å². The van der Waals surface area contributed by atoms with Gasteiger partial charge in [0.05, 0.1) is 32.4 Å². The van der Waals surface area contributed by atoms with Gasteiger partial charge in [0, 0.05) is 0 Å². The fraction of sp³-hybridized carbons (Fsp3) is 0.231. The molecule has 3 aromatic carbocycles. The Morgan fingerprint density at radius 3 is 2.31 bits per heavy atom. The molecule has 1 N–H and O–H groups in total.